The molecule has 0 saturated heterocycles. The molecule has 1 aromatic heterocycles. The van der Waals surface area contributed by atoms with Gasteiger partial charge in [-0.25, -0.2) is 9.18 Å². The molecule has 0 amide bonds. The number of ether oxygens (including phenoxy) is 1. The summed E-state index contributed by atoms with van der Waals surface area (Å²) < 4.78 is 58.5. The zero-order valence-corrected chi connectivity index (χ0v) is 12.5. The predicted molar refractivity (Wildman–Crippen MR) is 78.3 cm³/mol. The first-order chi connectivity index (χ1) is 11.1. The van der Waals surface area contributed by atoms with Crippen molar-refractivity contribution in [1.82, 2.24) is 9.55 Å². The van der Waals surface area contributed by atoms with Gasteiger partial charge in [0.05, 0.1) is 10.7 Å². The molecular weight excluding hydrogens is 356 g/mol. The van der Waals surface area contributed by atoms with Crippen LogP contribution in [0.2, 0.25) is 5.02 Å². The number of benzene rings is 1. The van der Waals surface area contributed by atoms with Gasteiger partial charge in [0.2, 0.25) is 0 Å². The lowest BCUT2D eigenvalue weighted by Crippen LogP contribution is -2.34. The van der Waals surface area contributed by atoms with Gasteiger partial charge in [-0.2, -0.15) is 13.2 Å². The average Bonchev–Trinajstić information content (AvgIpc) is 2.45. The highest BCUT2D eigenvalue weighted by atomic mass is 35.5. The number of aromatic amines is 1. The maximum atomic E-state index is 14.1. The van der Waals surface area contributed by atoms with Crippen molar-refractivity contribution in [3.63, 3.8) is 0 Å². The highest BCUT2D eigenvalue weighted by Crippen LogP contribution is 2.33. The highest BCUT2D eigenvalue weighted by molar-refractivity contribution is 6.32. The van der Waals surface area contributed by atoms with Crippen LogP contribution in [0.4, 0.5) is 17.6 Å². The Morgan fingerprint density at radius 1 is 1.29 bits per heavy atom. The molecule has 24 heavy (non-hydrogen) atoms. The number of hydrogen-bond donors (Lipinski definition) is 1. The van der Waals surface area contributed by atoms with Crippen LogP contribution < -0.4 is 16.0 Å². The van der Waals surface area contributed by atoms with E-state index in [1.807, 2.05) is 0 Å². The molecule has 1 aromatic carbocycles. The van der Waals surface area contributed by atoms with Crippen LogP contribution >= 0.6 is 11.6 Å². The lowest BCUT2D eigenvalue weighted by Gasteiger charge is -2.16. The van der Waals surface area contributed by atoms with Gasteiger partial charge in [0.25, 0.3) is 5.56 Å². The van der Waals surface area contributed by atoms with E-state index in [4.69, 9.17) is 16.3 Å². The van der Waals surface area contributed by atoms with E-state index >= 15 is 0 Å². The zero-order valence-electron chi connectivity index (χ0n) is 11.8. The smallest absolute Gasteiger partial charge is 0.432 e. The standard InChI is InChI=1S/C14H9ClF4N2O3/c1-2-3-24-10-5-9(8(16)4-7(10)15)21-11(14(17,18)19)6-12(22)20-13(21)23/h2,4-6H,1,3H2,(H,20,22,23). The van der Waals surface area contributed by atoms with Gasteiger partial charge in [-0.05, 0) is 6.07 Å². The highest BCUT2D eigenvalue weighted by Gasteiger charge is 2.36. The van der Waals surface area contributed by atoms with E-state index in [-0.39, 0.29) is 28.0 Å². The maximum absolute atomic E-state index is 14.1. The lowest BCUT2D eigenvalue weighted by molar-refractivity contribution is -0.143. The van der Waals surface area contributed by atoms with Crippen molar-refractivity contribution < 1.29 is 22.3 Å². The van der Waals surface area contributed by atoms with Crippen LogP contribution in [0.3, 0.4) is 0 Å². The molecule has 0 spiro atoms. The van der Waals surface area contributed by atoms with E-state index in [0.717, 1.165) is 6.07 Å². The van der Waals surface area contributed by atoms with Gasteiger partial charge in [0.15, 0.2) is 0 Å². The summed E-state index contributed by atoms with van der Waals surface area (Å²) in [4.78, 5) is 24.6. The number of alkyl halides is 3. The molecular formula is C14H9ClF4N2O3. The molecule has 0 bridgehead atoms. The normalized spacial score (nSPS) is 11.4. The Morgan fingerprint density at radius 3 is 2.54 bits per heavy atom. The van der Waals surface area contributed by atoms with Crippen LogP contribution in [0.15, 0.2) is 40.4 Å². The molecule has 0 aliphatic rings. The van der Waals surface area contributed by atoms with Crippen LogP contribution in [0.1, 0.15) is 5.69 Å². The summed E-state index contributed by atoms with van der Waals surface area (Å²) in [6, 6.07) is 1.68. The van der Waals surface area contributed by atoms with E-state index in [0.29, 0.717) is 6.07 Å². The minimum absolute atomic E-state index is 0.00612. The second kappa shape index (κ2) is 6.52. The maximum Gasteiger partial charge on any atom is 0.432 e. The molecule has 0 radical (unpaired) electrons. The van der Waals surface area contributed by atoms with Crippen LogP contribution in [0, 0.1) is 5.82 Å². The number of H-pyrrole nitrogens is 1. The first kappa shape index (κ1) is 17.8. The van der Waals surface area contributed by atoms with E-state index in [2.05, 4.69) is 6.58 Å². The fraction of sp³-hybridized carbons (Fsp3) is 0.143. The van der Waals surface area contributed by atoms with Crippen molar-refractivity contribution in [2.24, 2.45) is 0 Å². The number of rotatable bonds is 4. The third-order valence-electron chi connectivity index (χ3n) is 2.83. The second-order valence-electron chi connectivity index (χ2n) is 4.49. The largest absolute Gasteiger partial charge is 0.488 e. The molecule has 0 unspecified atom stereocenters. The third-order valence-corrected chi connectivity index (χ3v) is 3.13. The Bertz CT molecular complexity index is 902. The van der Waals surface area contributed by atoms with Crippen molar-refractivity contribution in [3.8, 4) is 11.4 Å². The van der Waals surface area contributed by atoms with E-state index in [1.54, 1.807) is 4.98 Å². The molecule has 0 fully saturated rings. The van der Waals surface area contributed by atoms with Crippen LogP contribution in [0.5, 0.6) is 5.75 Å². The second-order valence-corrected chi connectivity index (χ2v) is 4.90. The molecule has 128 valence electrons. The lowest BCUT2D eigenvalue weighted by atomic mass is 10.2. The number of aromatic nitrogens is 2. The topological polar surface area (TPSA) is 64.1 Å². The molecule has 1 heterocycles. The SMILES string of the molecule is C=CCOc1cc(-n2c(C(F)(F)F)cc(=O)[nH]c2=O)c(F)cc1Cl. The molecule has 0 aliphatic heterocycles. The molecule has 1 N–H and O–H groups in total. The van der Waals surface area contributed by atoms with Crippen LogP contribution in [-0.4, -0.2) is 16.2 Å². The Labute approximate surface area is 136 Å². The van der Waals surface area contributed by atoms with Crippen molar-refractivity contribution in [3.05, 3.63) is 68.2 Å². The first-order valence-corrected chi connectivity index (χ1v) is 6.69. The van der Waals surface area contributed by atoms with Gasteiger partial charge in [0, 0.05) is 12.1 Å². The van der Waals surface area contributed by atoms with Crippen molar-refractivity contribution >= 4 is 11.6 Å². The fourth-order valence-corrected chi connectivity index (χ4v) is 2.10. The molecule has 0 atom stereocenters. The predicted octanol–water partition coefficient (Wildman–Crippen LogP) is 2.90. The molecule has 5 nitrogen and oxygen atoms in total. The average molecular weight is 365 g/mol. The monoisotopic (exact) mass is 364 g/mol. The molecule has 2 rings (SSSR count). The van der Waals surface area contributed by atoms with Crippen LogP contribution in [0.25, 0.3) is 5.69 Å². The Balaban J connectivity index is 2.79. The summed E-state index contributed by atoms with van der Waals surface area (Å²) in [7, 11) is 0. The number of halogens is 5. The minimum atomic E-state index is -5.07. The van der Waals surface area contributed by atoms with E-state index in [1.165, 1.54) is 6.08 Å². The summed E-state index contributed by atoms with van der Waals surface area (Å²) in [5, 5.41) is -0.205. The summed E-state index contributed by atoms with van der Waals surface area (Å²) in [6.07, 6.45) is -3.73. The van der Waals surface area contributed by atoms with Gasteiger partial charge in [-0.1, -0.05) is 24.3 Å². The minimum Gasteiger partial charge on any atom is -0.488 e. The van der Waals surface area contributed by atoms with Crippen molar-refractivity contribution in [2.75, 3.05) is 6.61 Å². The molecule has 10 heteroatoms. The summed E-state index contributed by atoms with van der Waals surface area (Å²) in [6.45, 7) is 3.34. The summed E-state index contributed by atoms with van der Waals surface area (Å²) in [5.41, 5.74) is -5.12. The molecule has 0 saturated carbocycles. The van der Waals surface area contributed by atoms with Gasteiger partial charge in [-0.3, -0.25) is 14.3 Å². The Hall–Kier alpha value is -2.55. The number of hydrogen-bond acceptors (Lipinski definition) is 3. The Kier molecular flexibility index (Phi) is 4.83. The number of nitrogens with one attached hydrogen (secondary N) is 1. The number of nitrogens with zero attached hydrogens (tertiary/aromatic N) is 1. The van der Waals surface area contributed by atoms with Crippen LogP contribution in [-0.2, 0) is 6.18 Å². The Morgan fingerprint density at radius 2 is 1.96 bits per heavy atom. The summed E-state index contributed by atoms with van der Waals surface area (Å²) >= 11 is 5.75. The van der Waals surface area contributed by atoms with Crippen molar-refractivity contribution in [1.29, 1.82) is 0 Å². The van der Waals surface area contributed by atoms with Gasteiger partial charge in [-0.15, -0.1) is 0 Å². The quantitative estimate of drug-likeness (QED) is 0.670. The van der Waals surface area contributed by atoms with Crippen molar-refractivity contribution in [2.45, 2.75) is 6.18 Å². The van der Waals surface area contributed by atoms with E-state index < -0.39 is 34.6 Å². The molecule has 2 aromatic rings. The van der Waals surface area contributed by atoms with Gasteiger partial charge < -0.3 is 4.74 Å². The van der Waals surface area contributed by atoms with E-state index in [9.17, 15) is 27.2 Å². The van der Waals surface area contributed by atoms with Gasteiger partial charge >= 0.3 is 11.9 Å². The first-order valence-electron chi connectivity index (χ1n) is 6.32. The summed E-state index contributed by atoms with van der Waals surface area (Å²) in [5.74, 6) is -1.36. The molecule has 0 aliphatic carbocycles. The third kappa shape index (κ3) is 3.51. The zero-order chi connectivity index (χ0) is 18.1. The fourth-order valence-electron chi connectivity index (χ4n) is 1.89. The van der Waals surface area contributed by atoms with Gasteiger partial charge in [0.1, 0.15) is 23.9 Å².